The van der Waals surface area contributed by atoms with Crippen molar-refractivity contribution in [3.05, 3.63) is 35.0 Å². The van der Waals surface area contributed by atoms with E-state index in [1.54, 1.807) is 6.92 Å². The number of aliphatic hydroxyl groups is 1. The number of rotatable bonds is 3. The average Bonchev–Trinajstić information content (AvgIpc) is 3.06. The minimum Gasteiger partial charge on any atom is -0.393 e. The van der Waals surface area contributed by atoms with Gasteiger partial charge in [-0.1, -0.05) is 11.6 Å². The molecule has 0 spiro atoms. The first-order chi connectivity index (χ1) is 10.0. The lowest BCUT2D eigenvalue weighted by Crippen LogP contribution is -2.31. The second-order valence-corrected chi connectivity index (χ2v) is 6.25. The van der Waals surface area contributed by atoms with Crippen LogP contribution in [0.15, 0.2) is 24.4 Å². The van der Waals surface area contributed by atoms with Crippen LogP contribution in [0.4, 0.5) is 0 Å². The fourth-order valence-corrected chi connectivity index (χ4v) is 3.15. The first-order valence-corrected chi connectivity index (χ1v) is 7.64. The highest BCUT2D eigenvalue weighted by molar-refractivity contribution is 6.31. The first-order valence-electron chi connectivity index (χ1n) is 7.26. The SMILES string of the molecule is CC(O)C1CCN(C(=O)Cc2c[nH]c3ccc(Cl)cc23)C1. The largest absolute Gasteiger partial charge is 0.393 e. The van der Waals surface area contributed by atoms with Crippen LogP contribution in [0.25, 0.3) is 10.9 Å². The van der Waals surface area contributed by atoms with Crippen LogP contribution in [0.1, 0.15) is 18.9 Å². The molecule has 1 aromatic heterocycles. The van der Waals surface area contributed by atoms with Gasteiger partial charge in [0.2, 0.25) is 5.91 Å². The van der Waals surface area contributed by atoms with Crippen molar-refractivity contribution in [3.63, 3.8) is 0 Å². The lowest BCUT2D eigenvalue weighted by molar-refractivity contribution is -0.129. The monoisotopic (exact) mass is 306 g/mol. The van der Waals surface area contributed by atoms with Crippen molar-refractivity contribution >= 4 is 28.4 Å². The molecule has 1 aliphatic heterocycles. The van der Waals surface area contributed by atoms with Crippen molar-refractivity contribution in [1.82, 2.24) is 9.88 Å². The van der Waals surface area contributed by atoms with Crippen molar-refractivity contribution in [3.8, 4) is 0 Å². The molecular formula is C16H19ClN2O2. The Bertz CT molecular complexity index is 665. The van der Waals surface area contributed by atoms with Crippen LogP contribution >= 0.6 is 11.6 Å². The molecule has 5 heteroatoms. The fraction of sp³-hybridized carbons (Fsp3) is 0.438. The van der Waals surface area contributed by atoms with Gasteiger partial charge < -0.3 is 15.0 Å². The number of carbonyl (C=O) groups excluding carboxylic acids is 1. The zero-order valence-electron chi connectivity index (χ0n) is 12.0. The normalized spacial score (nSPS) is 20.1. The van der Waals surface area contributed by atoms with Crippen LogP contribution in [0, 0.1) is 5.92 Å². The molecule has 1 fully saturated rings. The molecule has 2 unspecified atom stereocenters. The highest BCUT2D eigenvalue weighted by Gasteiger charge is 2.29. The van der Waals surface area contributed by atoms with Crippen molar-refractivity contribution in [2.75, 3.05) is 13.1 Å². The third kappa shape index (κ3) is 2.92. The van der Waals surface area contributed by atoms with E-state index in [9.17, 15) is 9.90 Å². The molecule has 21 heavy (non-hydrogen) atoms. The van der Waals surface area contributed by atoms with Crippen molar-refractivity contribution < 1.29 is 9.90 Å². The fourth-order valence-electron chi connectivity index (χ4n) is 2.98. The van der Waals surface area contributed by atoms with Crippen molar-refractivity contribution in [1.29, 1.82) is 0 Å². The van der Waals surface area contributed by atoms with Crippen LogP contribution in [-0.4, -0.2) is 40.1 Å². The number of hydrogen-bond donors (Lipinski definition) is 2. The van der Waals surface area contributed by atoms with E-state index >= 15 is 0 Å². The van der Waals surface area contributed by atoms with Crippen LogP contribution in [-0.2, 0) is 11.2 Å². The number of nitrogens with one attached hydrogen (secondary N) is 1. The van der Waals surface area contributed by atoms with Gasteiger partial charge in [0.05, 0.1) is 12.5 Å². The van der Waals surface area contributed by atoms with Gasteiger partial charge in [0, 0.05) is 41.1 Å². The van der Waals surface area contributed by atoms with E-state index < -0.39 is 0 Å². The lowest BCUT2D eigenvalue weighted by atomic mass is 10.0. The molecule has 0 aliphatic carbocycles. The molecular weight excluding hydrogens is 288 g/mol. The molecule has 0 bridgehead atoms. The van der Waals surface area contributed by atoms with Crippen LogP contribution < -0.4 is 0 Å². The van der Waals surface area contributed by atoms with E-state index in [4.69, 9.17) is 11.6 Å². The molecule has 3 rings (SSSR count). The zero-order chi connectivity index (χ0) is 15.0. The maximum absolute atomic E-state index is 12.4. The van der Waals surface area contributed by atoms with E-state index in [1.807, 2.05) is 29.3 Å². The summed E-state index contributed by atoms with van der Waals surface area (Å²) < 4.78 is 0. The number of halogens is 1. The molecule has 0 radical (unpaired) electrons. The van der Waals surface area contributed by atoms with Gasteiger partial charge in [0.1, 0.15) is 0 Å². The number of carbonyl (C=O) groups is 1. The van der Waals surface area contributed by atoms with Gasteiger partial charge in [-0.25, -0.2) is 0 Å². The lowest BCUT2D eigenvalue weighted by Gasteiger charge is -2.17. The van der Waals surface area contributed by atoms with Gasteiger partial charge in [-0.15, -0.1) is 0 Å². The van der Waals surface area contributed by atoms with Gasteiger partial charge in [0.15, 0.2) is 0 Å². The molecule has 112 valence electrons. The minimum absolute atomic E-state index is 0.110. The van der Waals surface area contributed by atoms with Crippen molar-refractivity contribution in [2.45, 2.75) is 25.9 Å². The molecule has 2 atom stereocenters. The number of amides is 1. The predicted octanol–water partition coefficient (Wildman–Crippen LogP) is 2.59. The molecule has 1 saturated heterocycles. The Hall–Kier alpha value is -1.52. The number of likely N-dealkylation sites (tertiary alicyclic amines) is 1. The van der Waals surface area contributed by atoms with E-state index in [0.29, 0.717) is 18.0 Å². The molecule has 2 heterocycles. The molecule has 2 N–H and O–H groups in total. The topological polar surface area (TPSA) is 56.3 Å². The molecule has 1 aromatic carbocycles. The second-order valence-electron chi connectivity index (χ2n) is 5.81. The third-order valence-electron chi connectivity index (χ3n) is 4.33. The summed E-state index contributed by atoms with van der Waals surface area (Å²) in [5, 5.41) is 11.3. The van der Waals surface area contributed by atoms with Gasteiger partial charge in [-0.3, -0.25) is 4.79 Å². The Morgan fingerprint density at radius 1 is 1.57 bits per heavy atom. The Morgan fingerprint density at radius 3 is 3.10 bits per heavy atom. The molecule has 0 saturated carbocycles. The van der Waals surface area contributed by atoms with E-state index in [2.05, 4.69) is 4.98 Å². The number of aromatic amines is 1. The Morgan fingerprint density at radius 2 is 2.38 bits per heavy atom. The average molecular weight is 307 g/mol. The number of benzene rings is 1. The van der Waals surface area contributed by atoms with Gasteiger partial charge in [-0.05, 0) is 37.1 Å². The highest BCUT2D eigenvalue weighted by Crippen LogP contribution is 2.25. The van der Waals surface area contributed by atoms with E-state index in [1.165, 1.54) is 0 Å². The number of fused-ring (bicyclic) bond motifs is 1. The van der Waals surface area contributed by atoms with Crippen LogP contribution in [0.5, 0.6) is 0 Å². The summed E-state index contributed by atoms with van der Waals surface area (Å²) in [6, 6.07) is 5.64. The Kier molecular flexibility index (Phi) is 3.91. The smallest absolute Gasteiger partial charge is 0.227 e. The molecule has 4 nitrogen and oxygen atoms in total. The summed E-state index contributed by atoms with van der Waals surface area (Å²) in [7, 11) is 0. The number of nitrogens with zero attached hydrogens (tertiary/aromatic N) is 1. The number of hydrogen-bond acceptors (Lipinski definition) is 2. The Balaban J connectivity index is 1.74. The van der Waals surface area contributed by atoms with Crippen LogP contribution in [0.2, 0.25) is 5.02 Å². The van der Waals surface area contributed by atoms with Crippen molar-refractivity contribution in [2.24, 2.45) is 5.92 Å². The van der Waals surface area contributed by atoms with E-state index in [-0.39, 0.29) is 17.9 Å². The summed E-state index contributed by atoms with van der Waals surface area (Å²) in [4.78, 5) is 17.4. The molecule has 1 amide bonds. The minimum atomic E-state index is -0.352. The standard InChI is InChI=1S/C16H19ClN2O2/c1-10(20)11-4-5-19(9-11)16(21)6-12-8-18-15-3-2-13(17)7-14(12)15/h2-3,7-8,10-11,18,20H,4-6,9H2,1H3. The van der Waals surface area contributed by atoms with Gasteiger partial charge in [-0.2, -0.15) is 0 Å². The molecule has 2 aromatic rings. The Labute approximate surface area is 128 Å². The third-order valence-corrected chi connectivity index (χ3v) is 4.57. The summed E-state index contributed by atoms with van der Waals surface area (Å²) in [5.41, 5.74) is 1.96. The van der Waals surface area contributed by atoms with E-state index in [0.717, 1.165) is 29.4 Å². The van der Waals surface area contributed by atoms with Crippen LogP contribution in [0.3, 0.4) is 0 Å². The quantitative estimate of drug-likeness (QED) is 0.916. The summed E-state index contributed by atoms with van der Waals surface area (Å²) >= 11 is 6.03. The maximum atomic E-state index is 12.4. The number of aliphatic hydroxyl groups excluding tert-OH is 1. The highest BCUT2D eigenvalue weighted by atomic mass is 35.5. The van der Waals surface area contributed by atoms with Gasteiger partial charge in [0.25, 0.3) is 0 Å². The maximum Gasteiger partial charge on any atom is 0.227 e. The zero-order valence-corrected chi connectivity index (χ0v) is 12.7. The number of H-pyrrole nitrogens is 1. The summed E-state index contributed by atoms with van der Waals surface area (Å²) in [5.74, 6) is 0.311. The summed E-state index contributed by atoms with van der Waals surface area (Å²) in [6.45, 7) is 3.18. The van der Waals surface area contributed by atoms with Gasteiger partial charge >= 0.3 is 0 Å². The predicted molar refractivity (Wildman–Crippen MR) is 83.4 cm³/mol. The molecule has 1 aliphatic rings. The first kappa shape index (κ1) is 14.4. The summed E-state index contributed by atoms with van der Waals surface area (Å²) in [6.07, 6.45) is 2.77. The number of aromatic nitrogens is 1. The second kappa shape index (κ2) is 5.70.